The van der Waals surface area contributed by atoms with Gasteiger partial charge in [-0.25, -0.2) is 9.78 Å². The number of carbonyl (C=O) groups is 2. The normalized spacial score (nSPS) is 11.6. The third-order valence-corrected chi connectivity index (χ3v) is 7.38. The first-order chi connectivity index (χ1) is 19.8. The topological polar surface area (TPSA) is 109 Å². The summed E-state index contributed by atoms with van der Waals surface area (Å²) in [7, 11) is 4.63. The highest BCUT2D eigenvalue weighted by molar-refractivity contribution is 7.14. The van der Waals surface area contributed by atoms with Gasteiger partial charge in [0.2, 0.25) is 0 Å². The standard InChI is InChI=1S/C31H27N3O6S/c1-18(28(35)33-31-32-23(17-41-31)20-14-15-24(38-3)25(16-20)39-4)40-30(37)27-26(19-10-6-5-7-11-19)21-12-8-9-13-22(21)29(36)34(27)2/h5-18H,1-4H3,(H,32,33,35). The predicted molar refractivity (Wildman–Crippen MR) is 159 cm³/mol. The summed E-state index contributed by atoms with van der Waals surface area (Å²) in [6.45, 7) is 1.47. The molecule has 0 radical (unpaired) electrons. The van der Waals surface area contributed by atoms with Crippen molar-refractivity contribution in [2.75, 3.05) is 19.5 Å². The van der Waals surface area contributed by atoms with Crippen LogP contribution in [-0.4, -0.2) is 41.8 Å². The van der Waals surface area contributed by atoms with Crippen molar-refractivity contribution in [2.45, 2.75) is 13.0 Å². The smallest absolute Gasteiger partial charge is 0.356 e. The molecule has 5 rings (SSSR count). The Hall–Kier alpha value is -4.96. The van der Waals surface area contributed by atoms with Crippen molar-refractivity contribution in [3.63, 3.8) is 0 Å². The third kappa shape index (κ3) is 5.42. The number of hydrogen-bond acceptors (Lipinski definition) is 8. The number of thiazole rings is 1. The number of amides is 1. The van der Waals surface area contributed by atoms with Gasteiger partial charge in [0, 0.05) is 28.9 Å². The van der Waals surface area contributed by atoms with E-state index in [0.717, 1.165) is 11.1 Å². The molecule has 1 atom stereocenters. The van der Waals surface area contributed by atoms with Gasteiger partial charge in [-0.15, -0.1) is 11.3 Å². The summed E-state index contributed by atoms with van der Waals surface area (Å²) < 4.78 is 17.5. The summed E-state index contributed by atoms with van der Waals surface area (Å²) in [5.41, 5.74) is 2.44. The van der Waals surface area contributed by atoms with Crippen LogP contribution >= 0.6 is 11.3 Å². The first-order valence-electron chi connectivity index (χ1n) is 12.7. The average molecular weight is 570 g/mol. The molecule has 41 heavy (non-hydrogen) atoms. The summed E-state index contributed by atoms with van der Waals surface area (Å²) in [5.74, 6) is -0.197. The van der Waals surface area contributed by atoms with Crippen LogP contribution in [0.1, 0.15) is 17.4 Å². The molecule has 5 aromatic rings. The fourth-order valence-electron chi connectivity index (χ4n) is 4.54. The predicted octanol–water partition coefficient (Wildman–Crippen LogP) is 5.53. The van der Waals surface area contributed by atoms with E-state index in [1.54, 1.807) is 49.9 Å². The second-order valence-electron chi connectivity index (χ2n) is 9.14. The van der Waals surface area contributed by atoms with Crippen LogP contribution in [0.4, 0.5) is 5.13 Å². The van der Waals surface area contributed by atoms with E-state index < -0.39 is 18.0 Å². The molecule has 0 fully saturated rings. The Kier molecular flexibility index (Phi) is 7.84. The molecule has 1 amide bonds. The van der Waals surface area contributed by atoms with Crippen molar-refractivity contribution in [3.8, 4) is 33.9 Å². The number of aromatic nitrogens is 2. The molecule has 3 aromatic carbocycles. The number of methoxy groups -OCH3 is 2. The maximum Gasteiger partial charge on any atom is 0.356 e. The van der Waals surface area contributed by atoms with E-state index in [4.69, 9.17) is 14.2 Å². The van der Waals surface area contributed by atoms with Crippen molar-refractivity contribution in [2.24, 2.45) is 7.05 Å². The second-order valence-corrected chi connectivity index (χ2v) is 10.0. The van der Waals surface area contributed by atoms with E-state index in [0.29, 0.717) is 38.7 Å². The van der Waals surface area contributed by atoms with Crippen LogP contribution in [0.3, 0.4) is 0 Å². The SMILES string of the molecule is COc1ccc(-c2csc(NC(=O)C(C)OC(=O)c3c(-c4ccccc4)c4ccccc4c(=O)n3C)n2)cc1OC. The van der Waals surface area contributed by atoms with E-state index in [2.05, 4.69) is 10.3 Å². The molecule has 208 valence electrons. The maximum absolute atomic E-state index is 13.5. The number of nitrogens with one attached hydrogen (secondary N) is 1. The molecular formula is C31H27N3O6S. The molecule has 0 spiro atoms. The molecule has 0 aliphatic rings. The molecule has 2 aromatic heterocycles. The van der Waals surface area contributed by atoms with Crippen LogP contribution in [0, 0.1) is 0 Å². The minimum Gasteiger partial charge on any atom is -0.493 e. The van der Waals surface area contributed by atoms with Crippen LogP contribution in [0.2, 0.25) is 0 Å². The number of carbonyl (C=O) groups excluding carboxylic acids is 2. The Labute approximate surface area is 240 Å². The van der Waals surface area contributed by atoms with E-state index >= 15 is 0 Å². The lowest BCUT2D eigenvalue weighted by Crippen LogP contribution is -2.32. The van der Waals surface area contributed by atoms with Gasteiger partial charge in [-0.2, -0.15) is 0 Å². The van der Waals surface area contributed by atoms with Gasteiger partial charge < -0.3 is 18.8 Å². The number of nitrogens with zero attached hydrogens (tertiary/aromatic N) is 2. The van der Waals surface area contributed by atoms with Crippen LogP contribution < -0.4 is 20.3 Å². The molecule has 0 saturated carbocycles. The van der Waals surface area contributed by atoms with Gasteiger partial charge in [-0.3, -0.25) is 14.9 Å². The number of rotatable bonds is 8. The molecule has 1 unspecified atom stereocenters. The maximum atomic E-state index is 13.5. The summed E-state index contributed by atoms with van der Waals surface area (Å²) in [4.78, 5) is 44.2. The van der Waals surface area contributed by atoms with Gasteiger partial charge in [0.15, 0.2) is 22.7 Å². The van der Waals surface area contributed by atoms with Gasteiger partial charge in [-0.1, -0.05) is 48.5 Å². The Morgan fingerprint density at radius 3 is 2.29 bits per heavy atom. The number of ether oxygens (including phenoxy) is 3. The average Bonchev–Trinajstić information content (AvgIpc) is 3.47. The Bertz CT molecular complexity index is 1810. The molecule has 9 nitrogen and oxygen atoms in total. The van der Waals surface area contributed by atoms with E-state index in [9.17, 15) is 14.4 Å². The van der Waals surface area contributed by atoms with Crippen LogP contribution in [0.5, 0.6) is 11.5 Å². The van der Waals surface area contributed by atoms with Crippen LogP contribution in [-0.2, 0) is 16.6 Å². The molecule has 0 aliphatic heterocycles. The zero-order valence-electron chi connectivity index (χ0n) is 22.8. The monoisotopic (exact) mass is 569 g/mol. The number of hydrogen-bond donors (Lipinski definition) is 1. The first kappa shape index (κ1) is 27.6. The minimum absolute atomic E-state index is 0.0598. The molecular weight excluding hydrogens is 542 g/mol. The third-order valence-electron chi connectivity index (χ3n) is 6.63. The Morgan fingerprint density at radius 1 is 0.902 bits per heavy atom. The molecule has 0 bridgehead atoms. The van der Waals surface area contributed by atoms with E-state index in [1.807, 2.05) is 42.5 Å². The molecule has 1 N–H and O–H groups in total. The quantitative estimate of drug-likeness (QED) is 0.245. The largest absolute Gasteiger partial charge is 0.493 e. The second kappa shape index (κ2) is 11.6. The van der Waals surface area contributed by atoms with E-state index in [-0.39, 0.29) is 11.3 Å². The molecule has 0 saturated heterocycles. The van der Waals surface area contributed by atoms with Gasteiger partial charge in [0.25, 0.3) is 11.5 Å². The highest BCUT2D eigenvalue weighted by Gasteiger charge is 2.27. The number of esters is 1. The minimum atomic E-state index is -1.17. The fraction of sp³-hybridized carbons (Fsp3) is 0.161. The van der Waals surface area contributed by atoms with Crippen molar-refractivity contribution in [1.29, 1.82) is 0 Å². The van der Waals surface area contributed by atoms with Crippen molar-refractivity contribution < 1.29 is 23.8 Å². The van der Waals surface area contributed by atoms with Crippen molar-refractivity contribution >= 4 is 39.1 Å². The summed E-state index contributed by atoms with van der Waals surface area (Å²) >= 11 is 1.23. The number of pyridine rings is 1. The Balaban J connectivity index is 1.39. The highest BCUT2D eigenvalue weighted by Crippen LogP contribution is 2.34. The molecule has 10 heteroatoms. The summed E-state index contributed by atoms with van der Waals surface area (Å²) in [6.07, 6.45) is -1.17. The van der Waals surface area contributed by atoms with Crippen molar-refractivity contribution in [1.82, 2.24) is 9.55 Å². The van der Waals surface area contributed by atoms with Crippen molar-refractivity contribution in [3.05, 3.63) is 94.2 Å². The van der Waals surface area contributed by atoms with Gasteiger partial charge in [0.1, 0.15) is 5.69 Å². The number of benzene rings is 3. The number of anilines is 1. The molecule has 2 heterocycles. The zero-order chi connectivity index (χ0) is 29.1. The lowest BCUT2D eigenvalue weighted by Gasteiger charge is -2.18. The lowest BCUT2D eigenvalue weighted by molar-refractivity contribution is -0.123. The zero-order valence-corrected chi connectivity index (χ0v) is 23.7. The number of fused-ring (bicyclic) bond motifs is 1. The Morgan fingerprint density at radius 2 is 1.59 bits per heavy atom. The van der Waals surface area contributed by atoms with Gasteiger partial charge in [-0.05, 0) is 42.1 Å². The fourth-order valence-corrected chi connectivity index (χ4v) is 5.26. The van der Waals surface area contributed by atoms with Gasteiger partial charge in [0.05, 0.1) is 19.9 Å². The summed E-state index contributed by atoms with van der Waals surface area (Å²) in [6, 6.07) is 21.8. The first-order valence-corrected chi connectivity index (χ1v) is 13.6. The highest BCUT2D eigenvalue weighted by atomic mass is 32.1. The summed E-state index contributed by atoms with van der Waals surface area (Å²) in [5, 5.41) is 5.94. The lowest BCUT2D eigenvalue weighted by atomic mass is 9.97. The van der Waals surface area contributed by atoms with Gasteiger partial charge >= 0.3 is 5.97 Å². The van der Waals surface area contributed by atoms with E-state index in [1.165, 1.54) is 29.9 Å². The van der Waals surface area contributed by atoms with Crippen LogP contribution in [0.15, 0.2) is 83.0 Å². The van der Waals surface area contributed by atoms with Crippen LogP contribution in [0.25, 0.3) is 33.2 Å². The molecule has 0 aliphatic carbocycles.